The van der Waals surface area contributed by atoms with Gasteiger partial charge in [-0.2, -0.15) is 0 Å². The Morgan fingerprint density at radius 2 is 2.07 bits per heavy atom. The highest BCUT2D eigenvalue weighted by Gasteiger charge is 1.99. The normalized spacial score (nSPS) is 9.79. The molecule has 0 aliphatic heterocycles. The van der Waals surface area contributed by atoms with Gasteiger partial charge in [0.25, 0.3) is 0 Å². The van der Waals surface area contributed by atoms with Crippen LogP contribution in [0.5, 0.6) is 5.75 Å². The van der Waals surface area contributed by atoms with Crippen molar-refractivity contribution in [3.05, 3.63) is 29.8 Å². The number of aromatic hydroxyl groups is 1. The smallest absolute Gasteiger partial charge is 0.115 e. The van der Waals surface area contributed by atoms with Gasteiger partial charge < -0.3 is 15.2 Å². The Morgan fingerprint density at radius 1 is 1.43 bits per heavy atom. The molecule has 3 nitrogen and oxygen atoms in total. The molecule has 14 heavy (non-hydrogen) atoms. The number of hydrogen-bond acceptors (Lipinski definition) is 3. The van der Waals surface area contributed by atoms with Gasteiger partial charge >= 0.3 is 0 Å². The summed E-state index contributed by atoms with van der Waals surface area (Å²) in [6.45, 7) is 1.31. The number of nitrogens with one attached hydrogen (secondary N) is 1. The molecule has 0 amide bonds. The molecule has 0 saturated heterocycles. The Bertz CT molecular complexity index is 297. The van der Waals surface area contributed by atoms with Crippen LogP contribution in [0.15, 0.2) is 24.3 Å². The second-order valence-electron chi connectivity index (χ2n) is 2.80. The quantitative estimate of drug-likeness (QED) is 0.582. The second kappa shape index (κ2) is 5.57. The van der Waals surface area contributed by atoms with Crippen LogP contribution in [0, 0.1) is 0 Å². The lowest BCUT2D eigenvalue weighted by atomic mass is 10.2. The molecule has 1 rings (SSSR count). The first-order valence-corrected chi connectivity index (χ1v) is 4.71. The zero-order valence-electron chi connectivity index (χ0n) is 7.99. The van der Waals surface area contributed by atoms with E-state index >= 15 is 0 Å². The summed E-state index contributed by atoms with van der Waals surface area (Å²) in [6, 6.07) is 6.77. The zero-order chi connectivity index (χ0) is 10.4. The molecule has 0 bridgehead atoms. The van der Waals surface area contributed by atoms with Gasteiger partial charge in [0.05, 0.1) is 6.61 Å². The lowest BCUT2D eigenvalue weighted by molar-refractivity contribution is 0.204. The van der Waals surface area contributed by atoms with Crippen LogP contribution in [0.1, 0.15) is 5.56 Å². The van der Waals surface area contributed by atoms with E-state index in [4.69, 9.17) is 22.1 Å². The number of phenols is 1. The molecular weight excluding hydrogens is 198 g/mol. The summed E-state index contributed by atoms with van der Waals surface area (Å²) < 4.78 is 4.89. The SMILES string of the molecule is COCCNC(=S)c1ccc(O)cc1. The molecule has 76 valence electrons. The average Bonchev–Trinajstić information content (AvgIpc) is 2.19. The number of benzene rings is 1. The zero-order valence-corrected chi connectivity index (χ0v) is 8.80. The van der Waals surface area contributed by atoms with Gasteiger partial charge in [-0.05, 0) is 24.3 Å². The summed E-state index contributed by atoms with van der Waals surface area (Å²) in [5.74, 6) is 0.244. The van der Waals surface area contributed by atoms with Gasteiger partial charge in [-0.3, -0.25) is 0 Å². The van der Waals surface area contributed by atoms with Crippen molar-refractivity contribution >= 4 is 17.2 Å². The van der Waals surface area contributed by atoms with E-state index < -0.39 is 0 Å². The van der Waals surface area contributed by atoms with Crippen molar-refractivity contribution in [1.82, 2.24) is 5.32 Å². The molecule has 0 unspecified atom stereocenters. The third-order valence-electron chi connectivity index (χ3n) is 1.72. The van der Waals surface area contributed by atoms with Crippen molar-refractivity contribution < 1.29 is 9.84 Å². The topological polar surface area (TPSA) is 41.5 Å². The van der Waals surface area contributed by atoms with E-state index in [1.54, 1.807) is 31.4 Å². The molecule has 0 aliphatic carbocycles. The maximum absolute atomic E-state index is 9.07. The fourth-order valence-electron chi connectivity index (χ4n) is 0.981. The van der Waals surface area contributed by atoms with E-state index in [9.17, 15) is 0 Å². The molecular formula is C10H13NO2S. The van der Waals surface area contributed by atoms with Gasteiger partial charge in [-0.25, -0.2) is 0 Å². The minimum Gasteiger partial charge on any atom is -0.508 e. The van der Waals surface area contributed by atoms with E-state index in [0.717, 1.165) is 5.56 Å². The molecule has 0 atom stereocenters. The van der Waals surface area contributed by atoms with Crippen molar-refractivity contribution in [2.75, 3.05) is 20.3 Å². The molecule has 0 aliphatic rings. The molecule has 0 fully saturated rings. The predicted molar refractivity (Wildman–Crippen MR) is 59.7 cm³/mol. The van der Waals surface area contributed by atoms with Crippen LogP contribution in [-0.4, -0.2) is 30.4 Å². The van der Waals surface area contributed by atoms with Crippen molar-refractivity contribution in [1.29, 1.82) is 0 Å². The molecule has 0 radical (unpaired) electrons. The van der Waals surface area contributed by atoms with Gasteiger partial charge in [-0.1, -0.05) is 12.2 Å². The van der Waals surface area contributed by atoms with Crippen molar-refractivity contribution in [3.8, 4) is 5.75 Å². The van der Waals surface area contributed by atoms with Gasteiger partial charge in [0.2, 0.25) is 0 Å². The summed E-state index contributed by atoms with van der Waals surface area (Å²) in [6.07, 6.45) is 0. The van der Waals surface area contributed by atoms with Gasteiger partial charge in [0, 0.05) is 19.2 Å². The van der Waals surface area contributed by atoms with Crippen molar-refractivity contribution in [2.45, 2.75) is 0 Å². The van der Waals surface area contributed by atoms with Crippen LogP contribution >= 0.6 is 12.2 Å². The van der Waals surface area contributed by atoms with Crippen LogP contribution in [0.3, 0.4) is 0 Å². The predicted octanol–water partition coefficient (Wildman–Crippen LogP) is 1.30. The monoisotopic (exact) mass is 211 g/mol. The number of phenolic OH excluding ortho intramolecular Hbond substituents is 1. The van der Waals surface area contributed by atoms with Crippen LogP contribution in [0.4, 0.5) is 0 Å². The van der Waals surface area contributed by atoms with Gasteiger partial charge in [0.15, 0.2) is 0 Å². The highest BCUT2D eigenvalue weighted by atomic mass is 32.1. The highest BCUT2D eigenvalue weighted by molar-refractivity contribution is 7.80. The van der Waals surface area contributed by atoms with E-state index in [0.29, 0.717) is 18.1 Å². The van der Waals surface area contributed by atoms with Gasteiger partial charge in [0.1, 0.15) is 10.7 Å². The van der Waals surface area contributed by atoms with Gasteiger partial charge in [-0.15, -0.1) is 0 Å². The largest absolute Gasteiger partial charge is 0.508 e. The van der Waals surface area contributed by atoms with Crippen LogP contribution in [0.25, 0.3) is 0 Å². The van der Waals surface area contributed by atoms with E-state index in [1.807, 2.05) is 0 Å². The number of hydrogen-bond donors (Lipinski definition) is 2. The number of rotatable bonds is 4. The third kappa shape index (κ3) is 3.32. The number of thiocarbonyl (C=S) groups is 1. The van der Waals surface area contributed by atoms with Crippen molar-refractivity contribution in [3.63, 3.8) is 0 Å². The lowest BCUT2D eigenvalue weighted by Gasteiger charge is -2.06. The molecule has 0 spiro atoms. The maximum Gasteiger partial charge on any atom is 0.115 e. The van der Waals surface area contributed by atoms with Crippen LogP contribution in [-0.2, 0) is 4.74 Å². The Balaban J connectivity index is 2.48. The number of methoxy groups -OCH3 is 1. The molecule has 0 heterocycles. The summed E-state index contributed by atoms with van der Waals surface area (Å²) in [5, 5.41) is 12.1. The summed E-state index contributed by atoms with van der Waals surface area (Å²) in [4.78, 5) is 0.669. The maximum atomic E-state index is 9.07. The first-order valence-electron chi connectivity index (χ1n) is 4.30. The molecule has 4 heteroatoms. The molecule has 0 aromatic heterocycles. The van der Waals surface area contributed by atoms with E-state index in [1.165, 1.54) is 0 Å². The Morgan fingerprint density at radius 3 is 2.64 bits per heavy atom. The summed E-state index contributed by atoms with van der Waals surface area (Å²) >= 11 is 5.13. The lowest BCUT2D eigenvalue weighted by Crippen LogP contribution is -2.25. The third-order valence-corrected chi connectivity index (χ3v) is 2.10. The summed E-state index contributed by atoms with van der Waals surface area (Å²) in [5.41, 5.74) is 0.897. The van der Waals surface area contributed by atoms with Crippen LogP contribution < -0.4 is 5.32 Å². The molecule has 2 N–H and O–H groups in total. The molecule has 1 aromatic carbocycles. The fourth-order valence-corrected chi connectivity index (χ4v) is 1.22. The highest BCUT2D eigenvalue weighted by Crippen LogP contribution is 2.09. The summed E-state index contributed by atoms with van der Waals surface area (Å²) in [7, 11) is 1.64. The minimum absolute atomic E-state index is 0.244. The van der Waals surface area contributed by atoms with E-state index in [-0.39, 0.29) is 5.75 Å². The molecule has 1 aromatic rings. The van der Waals surface area contributed by atoms with Crippen molar-refractivity contribution in [2.24, 2.45) is 0 Å². The number of ether oxygens (including phenoxy) is 1. The molecule has 0 saturated carbocycles. The Hall–Kier alpha value is -1.13. The van der Waals surface area contributed by atoms with E-state index in [2.05, 4.69) is 5.32 Å². The Kier molecular flexibility index (Phi) is 4.35. The standard InChI is InChI=1S/C10H13NO2S/c1-13-7-6-11-10(14)8-2-4-9(12)5-3-8/h2-5,12H,6-7H2,1H3,(H,11,14). The Labute approximate surface area is 88.7 Å². The fraction of sp³-hybridized carbons (Fsp3) is 0.300. The second-order valence-corrected chi connectivity index (χ2v) is 3.20. The first-order chi connectivity index (χ1) is 6.74. The average molecular weight is 211 g/mol. The van der Waals surface area contributed by atoms with Crippen LogP contribution in [0.2, 0.25) is 0 Å². The first kappa shape index (κ1) is 10.9. The minimum atomic E-state index is 0.244.